The van der Waals surface area contributed by atoms with Gasteiger partial charge in [0.1, 0.15) is 10.3 Å². The maximum atomic E-state index is 12.0. The van der Waals surface area contributed by atoms with Gasteiger partial charge in [0.2, 0.25) is 0 Å². The number of hydrogen-bond acceptors (Lipinski definition) is 6. The normalized spacial score (nSPS) is 11.0. The predicted octanol–water partition coefficient (Wildman–Crippen LogP) is 0.772. The van der Waals surface area contributed by atoms with Gasteiger partial charge in [0, 0.05) is 20.3 Å². The predicted molar refractivity (Wildman–Crippen MR) is 81.1 cm³/mol. The highest BCUT2D eigenvalue weighted by Crippen LogP contribution is 2.19. The van der Waals surface area contributed by atoms with Gasteiger partial charge in [-0.25, -0.2) is 15.0 Å². The summed E-state index contributed by atoms with van der Waals surface area (Å²) >= 11 is 3.17. The quantitative estimate of drug-likeness (QED) is 0.751. The molecule has 0 saturated carbocycles. The number of rotatable bonds is 3. The second-order valence-corrected chi connectivity index (χ2v) is 5.27. The Morgan fingerprint density at radius 2 is 2.14 bits per heavy atom. The summed E-state index contributed by atoms with van der Waals surface area (Å²) in [5, 5.41) is 8.03. The summed E-state index contributed by atoms with van der Waals surface area (Å²) in [5.74, 6) is 1.19. The Labute approximate surface area is 128 Å². The van der Waals surface area contributed by atoms with Crippen LogP contribution in [0.2, 0.25) is 0 Å². The third-order valence-corrected chi connectivity index (χ3v) is 3.59. The summed E-state index contributed by atoms with van der Waals surface area (Å²) < 4.78 is 3.52. The van der Waals surface area contributed by atoms with Crippen molar-refractivity contribution >= 4 is 32.8 Å². The standard InChI is InChI=1S/C12H12BrN7O/c1-14-10-7-3-16-19(2)11(7)18-9(17-10)5-20-6-15-4-8(13)12(20)21/h3-4,6H,5H2,1-2H3,(H,14,17,18). The van der Waals surface area contributed by atoms with Gasteiger partial charge < -0.3 is 5.32 Å². The number of nitrogens with zero attached hydrogens (tertiary/aromatic N) is 6. The van der Waals surface area contributed by atoms with Crippen molar-refractivity contribution in [1.29, 1.82) is 0 Å². The van der Waals surface area contributed by atoms with Crippen LogP contribution in [-0.2, 0) is 13.6 Å². The Kier molecular flexibility index (Phi) is 3.42. The molecular weight excluding hydrogens is 338 g/mol. The summed E-state index contributed by atoms with van der Waals surface area (Å²) in [6.07, 6.45) is 4.63. The second kappa shape index (κ2) is 5.24. The molecule has 3 rings (SSSR count). The Hall–Kier alpha value is -2.29. The van der Waals surface area contributed by atoms with Crippen LogP contribution in [0.15, 0.2) is 28.0 Å². The molecular formula is C12H12BrN7O. The van der Waals surface area contributed by atoms with Crippen molar-refractivity contribution in [2.24, 2.45) is 7.05 Å². The van der Waals surface area contributed by atoms with Gasteiger partial charge in [-0.3, -0.25) is 14.0 Å². The molecule has 3 aromatic heterocycles. The molecule has 0 aromatic carbocycles. The molecule has 0 saturated heterocycles. The summed E-state index contributed by atoms with van der Waals surface area (Å²) in [6, 6.07) is 0. The monoisotopic (exact) mass is 349 g/mol. The van der Waals surface area contributed by atoms with Crippen molar-refractivity contribution in [3.63, 3.8) is 0 Å². The van der Waals surface area contributed by atoms with Crippen molar-refractivity contribution < 1.29 is 0 Å². The molecule has 0 atom stereocenters. The maximum Gasteiger partial charge on any atom is 0.268 e. The van der Waals surface area contributed by atoms with Crippen molar-refractivity contribution in [3.05, 3.63) is 39.4 Å². The zero-order valence-electron chi connectivity index (χ0n) is 11.4. The number of aromatic nitrogens is 6. The van der Waals surface area contributed by atoms with Crippen LogP contribution >= 0.6 is 15.9 Å². The van der Waals surface area contributed by atoms with E-state index < -0.39 is 0 Å². The first kappa shape index (κ1) is 13.7. The topological polar surface area (TPSA) is 90.5 Å². The average molecular weight is 350 g/mol. The third kappa shape index (κ3) is 2.40. The molecule has 0 amide bonds. The molecule has 0 radical (unpaired) electrons. The molecule has 0 aliphatic rings. The molecule has 0 unspecified atom stereocenters. The van der Waals surface area contributed by atoms with Gasteiger partial charge in [-0.2, -0.15) is 5.10 Å². The van der Waals surface area contributed by atoms with E-state index in [2.05, 4.69) is 41.3 Å². The van der Waals surface area contributed by atoms with Crippen LogP contribution in [0.1, 0.15) is 5.82 Å². The summed E-state index contributed by atoms with van der Waals surface area (Å²) in [4.78, 5) is 24.9. The zero-order valence-corrected chi connectivity index (χ0v) is 13.0. The number of nitrogens with one attached hydrogen (secondary N) is 1. The fourth-order valence-corrected chi connectivity index (χ4v) is 2.36. The highest BCUT2D eigenvalue weighted by Gasteiger charge is 2.11. The molecule has 3 heterocycles. The summed E-state index contributed by atoms with van der Waals surface area (Å²) in [7, 11) is 3.59. The molecule has 108 valence electrons. The van der Waals surface area contributed by atoms with E-state index in [0.717, 1.165) is 5.39 Å². The van der Waals surface area contributed by atoms with E-state index in [1.54, 1.807) is 17.9 Å². The van der Waals surface area contributed by atoms with E-state index in [-0.39, 0.29) is 12.1 Å². The summed E-state index contributed by atoms with van der Waals surface area (Å²) in [6.45, 7) is 0.237. The highest BCUT2D eigenvalue weighted by atomic mass is 79.9. The van der Waals surface area contributed by atoms with Gasteiger partial charge in [-0.1, -0.05) is 0 Å². The number of hydrogen-bond donors (Lipinski definition) is 1. The first-order valence-corrected chi connectivity index (χ1v) is 6.95. The fraction of sp³-hybridized carbons (Fsp3) is 0.250. The van der Waals surface area contributed by atoms with Crippen LogP contribution in [0.4, 0.5) is 5.82 Å². The van der Waals surface area contributed by atoms with E-state index >= 15 is 0 Å². The molecule has 0 fully saturated rings. The van der Waals surface area contributed by atoms with E-state index in [1.165, 1.54) is 17.1 Å². The van der Waals surface area contributed by atoms with Crippen LogP contribution < -0.4 is 10.9 Å². The molecule has 0 spiro atoms. The average Bonchev–Trinajstić information content (AvgIpc) is 2.85. The van der Waals surface area contributed by atoms with E-state index in [4.69, 9.17) is 0 Å². The Bertz CT molecular complexity index is 870. The lowest BCUT2D eigenvalue weighted by atomic mass is 10.3. The van der Waals surface area contributed by atoms with Crippen LogP contribution in [0.5, 0.6) is 0 Å². The Morgan fingerprint density at radius 3 is 2.90 bits per heavy atom. The van der Waals surface area contributed by atoms with Crippen LogP contribution in [0, 0.1) is 0 Å². The fourth-order valence-electron chi connectivity index (χ4n) is 2.02. The second-order valence-electron chi connectivity index (χ2n) is 4.42. The lowest BCUT2D eigenvalue weighted by molar-refractivity contribution is 0.692. The first-order valence-electron chi connectivity index (χ1n) is 6.16. The number of aryl methyl sites for hydroxylation is 1. The van der Waals surface area contributed by atoms with Crippen LogP contribution in [0.25, 0.3) is 11.0 Å². The third-order valence-electron chi connectivity index (χ3n) is 3.05. The van der Waals surface area contributed by atoms with Crippen molar-refractivity contribution in [3.8, 4) is 0 Å². The molecule has 1 N–H and O–H groups in total. The zero-order chi connectivity index (χ0) is 15.0. The largest absolute Gasteiger partial charge is 0.372 e. The summed E-state index contributed by atoms with van der Waals surface area (Å²) in [5.41, 5.74) is 0.532. The van der Waals surface area contributed by atoms with Gasteiger partial charge in [0.25, 0.3) is 5.56 Å². The lowest BCUT2D eigenvalue weighted by Crippen LogP contribution is -2.22. The van der Waals surface area contributed by atoms with Gasteiger partial charge in [-0.15, -0.1) is 0 Å². The Balaban J connectivity index is 2.10. The number of fused-ring (bicyclic) bond motifs is 1. The molecule has 0 aliphatic heterocycles. The van der Waals surface area contributed by atoms with Gasteiger partial charge >= 0.3 is 0 Å². The van der Waals surface area contributed by atoms with Gasteiger partial charge in [0.05, 0.1) is 24.5 Å². The molecule has 0 bridgehead atoms. The van der Waals surface area contributed by atoms with E-state index in [0.29, 0.717) is 21.8 Å². The van der Waals surface area contributed by atoms with Crippen LogP contribution in [-0.4, -0.2) is 36.3 Å². The molecule has 8 nitrogen and oxygen atoms in total. The van der Waals surface area contributed by atoms with E-state index in [9.17, 15) is 4.79 Å². The van der Waals surface area contributed by atoms with Crippen molar-refractivity contribution in [2.75, 3.05) is 12.4 Å². The SMILES string of the molecule is CNc1nc(Cn2cncc(Br)c2=O)nc2c1cnn2C. The minimum Gasteiger partial charge on any atom is -0.372 e. The smallest absolute Gasteiger partial charge is 0.268 e. The van der Waals surface area contributed by atoms with Gasteiger partial charge in [0.15, 0.2) is 11.5 Å². The van der Waals surface area contributed by atoms with E-state index in [1.807, 2.05) is 7.05 Å². The molecule has 3 aromatic rings. The van der Waals surface area contributed by atoms with Gasteiger partial charge in [-0.05, 0) is 15.9 Å². The molecule has 0 aliphatic carbocycles. The lowest BCUT2D eigenvalue weighted by Gasteiger charge is -2.07. The maximum absolute atomic E-state index is 12.0. The first-order chi connectivity index (χ1) is 10.1. The van der Waals surface area contributed by atoms with Crippen molar-refractivity contribution in [1.82, 2.24) is 29.3 Å². The number of anilines is 1. The Morgan fingerprint density at radius 1 is 1.33 bits per heavy atom. The minimum absolute atomic E-state index is 0.176. The minimum atomic E-state index is -0.176. The number of halogens is 1. The molecule has 21 heavy (non-hydrogen) atoms. The molecule has 9 heteroatoms. The van der Waals surface area contributed by atoms with Crippen LogP contribution in [0.3, 0.4) is 0 Å². The van der Waals surface area contributed by atoms with Crippen molar-refractivity contribution in [2.45, 2.75) is 6.54 Å². The highest BCUT2D eigenvalue weighted by molar-refractivity contribution is 9.10.